The number of aliphatic carboxylic acids is 1. The van der Waals surface area contributed by atoms with Crippen LogP contribution in [0.25, 0.3) is 0 Å². The summed E-state index contributed by atoms with van der Waals surface area (Å²) in [5, 5.41) is 7.42. The van der Waals surface area contributed by atoms with Gasteiger partial charge in [0.25, 0.3) is 5.97 Å². The molecule has 0 unspecified atom stereocenters. The molecule has 5 nitrogen and oxygen atoms in total. The summed E-state index contributed by atoms with van der Waals surface area (Å²) in [6.45, 7) is 2.83. The van der Waals surface area contributed by atoms with Crippen molar-refractivity contribution in [1.29, 1.82) is 0 Å². The van der Waals surface area contributed by atoms with E-state index in [4.69, 9.17) is 9.90 Å². The summed E-state index contributed by atoms with van der Waals surface area (Å²) in [5.41, 5.74) is 0. The smallest absolute Gasteiger partial charge is 0.481 e. The van der Waals surface area contributed by atoms with Gasteiger partial charge >= 0.3 is 17.1 Å². The van der Waals surface area contributed by atoms with Crippen LogP contribution in [-0.4, -0.2) is 16.6 Å². The summed E-state index contributed by atoms with van der Waals surface area (Å²) in [6, 6.07) is 0. The molecule has 0 spiro atoms. The molecule has 66 valence electrons. The number of carboxylic acid groups (broad SMARTS) is 1. The fraction of sp³-hybridized carbons (Fsp3) is 0.500. The molecule has 0 saturated heterocycles. The Labute approximate surface area is 68.1 Å². The fourth-order valence-electron chi connectivity index (χ4n) is 0.0417. The molecule has 0 bridgehead atoms. The van der Waals surface area contributed by atoms with Crippen molar-refractivity contribution in [3.8, 4) is 0 Å². The van der Waals surface area contributed by atoms with E-state index in [2.05, 4.69) is 9.15 Å². The normalized spacial score (nSPS) is 6.20. The molecular weight excluding hydrogens is 192 g/mol. The second-order valence-corrected chi connectivity index (χ2v) is 1.18. The molecule has 0 amide bonds. The van der Waals surface area contributed by atoms with Gasteiger partial charge in [-0.3, -0.25) is 4.79 Å². The third-order valence-electron chi connectivity index (χ3n) is 0.250. The summed E-state index contributed by atoms with van der Waals surface area (Å²) < 4.78 is 8.25. The SMILES string of the molecule is CC(=O)O.C[c-]1oo1.O.[Cu+]. The summed E-state index contributed by atoms with van der Waals surface area (Å²) >= 11 is 0. The molecule has 0 saturated carbocycles. The van der Waals surface area contributed by atoms with Gasteiger partial charge in [-0.15, -0.1) is 6.92 Å². The minimum atomic E-state index is -0.833. The molecule has 1 heterocycles. The second kappa shape index (κ2) is 8.42. The summed E-state index contributed by atoms with van der Waals surface area (Å²) in [7, 11) is 0. The molecule has 3 N–H and O–H groups in total. The minimum absolute atomic E-state index is 0. The van der Waals surface area contributed by atoms with Gasteiger partial charge in [0, 0.05) is 12.9 Å². The number of carboxylic acids is 1. The van der Waals surface area contributed by atoms with E-state index in [1.54, 1.807) is 6.92 Å². The summed E-state index contributed by atoms with van der Waals surface area (Å²) in [5.74, 6) is -0.167. The van der Waals surface area contributed by atoms with Crippen molar-refractivity contribution in [2.45, 2.75) is 13.8 Å². The van der Waals surface area contributed by atoms with E-state index in [0.717, 1.165) is 6.92 Å². The maximum absolute atomic E-state index is 9.00. The van der Waals surface area contributed by atoms with Crippen molar-refractivity contribution < 1.29 is 41.6 Å². The third kappa shape index (κ3) is 52.2. The van der Waals surface area contributed by atoms with Gasteiger partial charge in [-0.1, -0.05) is 0 Å². The van der Waals surface area contributed by atoms with E-state index in [9.17, 15) is 0 Å². The standard InChI is InChI=1S/C2H3O2.C2H4O2.Cu.H2O/c1-2-3-4-2;1-2(3)4;;/h1H3;1H3,(H,3,4);;1H2/q-1;;+1;. The Balaban J connectivity index is -0.0000000817. The topological polar surface area (TPSA) is 95.1 Å². The molecule has 0 atom stereocenters. The Kier molecular flexibility index (Phi) is 13.6. The first-order valence-electron chi connectivity index (χ1n) is 2.00. The predicted octanol–water partition coefficient (Wildman–Crippen LogP) is 0.164. The van der Waals surface area contributed by atoms with Crippen LogP contribution in [0.3, 0.4) is 0 Å². The van der Waals surface area contributed by atoms with Crippen LogP contribution < -0.4 is 0 Å². The van der Waals surface area contributed by atoms with Crippen molar-refractivity contribution in [1.82, 2.24) is 0 Å². The molecule has 10 heavy (non-hydrogen) atoms. The third-order valence-corrected chi connectivity index (χ3v) is 0.250. The van der Waals surface area contributed by atoms with Gasteiger partial charge < -0.3 is 19.7 Å². The Morgan fingerprint density at radius 2 is 1.60 bits per heavy atom. The Morgan fingerprint density at radius 3 is 1.60 bits per heavy atom. The maximum Gasteiger partial charge on any atom is 1.00 e. The quantitative estimate of drug-likeness (QED) is 0.367. The maximum atomic E-state index is 9.00. The van der Waals surface area contributed by atoms with E-state index in [-0.39, 0.29) is 22.5 Å². The molecule has 0 aliphatic rings. The molecule has 0 radical (unpaired) electrons. The zero-order valence-electron chi connectivity index (χ0n) is 5.47. The van der Waals surface area contributed by atoms with E-state index in [1.165, 1.54) is 0 Å². The Hall–Kier alpha value is -0.581. The van der Waals surface area contributed by atoms with E-state index < -0.39 is 5.97 Å². The molecular formula is C4H9CuO5. The van der Waals surface area contributed by atoms with Crippen LogP contribution in [0.4, 0.5) is 0 Å². The predicted molar refractivity (Wildman–Crippen MR) is 28.2 cm³/mol. The van der Waals surface area contributed by atoms with Crippen molar-refractivity contribution in [3.63, 3.8) is 0 Å². The van der Waals surface area contributed by atoms with E-state index in [0.29, 0.717) is 5.96 Å². The van der Waals surface area contributed by atoms with E-state index >= 15 is 0 Å². The van der Waals surface area contributed by atoms with E-state index in [1.807, 2.05) is 0 Å². The van der Waals surface area contributed by atoms with Crippen molar-refractivity contribution in [3.05, 3.63) is 5.96 Å². The molecule has 0 aliphatic heterocycles. The second-order valence-electron chi connectivity index (χ2n) is 1.18. The zero-order valence-corrected chi connectivity index (χ0v) is 6.42. The van der Waals surface area contributed by atoms with Crippen LogP contribution in [0.2, 0.25) is 0 Å². The zero-order chi connectivity index (χ0) is 6.57. The van der Waals surface area contributed by atoms with Gasteiger partial charge in [-0.2, -0.15) is 0 Å². The van der Waals surface area contributed by atoms with Crippen LogP contribution in [0.15, 0.2) is 9.15 Å². The average Bonchev–Trinajstić information content (AvgIpc) is 2.19. The monoisotopic (exact) mass is 200 g/mol. The minimum Gasteiger partial charge on any atom is -0.481 e. The van der Waals surface area contributed by atoms with Crippen LogP contribution in [0.5, 0.6) is 0 Å². The number of hydrogen-bond acceptors (Lipinski definition) is 3. The van der Waals surface area contributed by atoms with Gasteiger partial charge in [0.2, 0.25) is 0 Å². The fourth-order valence-corrected chi connectivity index (χ4v) is 0.0417. The van der Waals surface area contributed by atoms with Gasteiger partial charge in [0.05, 0.1) is 0 Å². The summed E-state index contributed by atoms with van der Waals surface area (Å²) in [6.07, 6.45) is 0. The van der Waals surface area contributed by atoms with Crippen LogP contribution >= 0.6 is 0 Å². The summed E-state index contributed by atoms with van der Waals surface area (Å²) in [4.78, 5) is 9.00. The first kappa shape index (κ1) is 16.2. The molecule has 6 heteroatoms. The molecule has 1 aromatic heterocycles. The largest absolute Gasteiger partial charge is 1.00 e. The van der Waals surface area contributed by atoms with Crippen molar-refractivity contribution >= 4 is 5.97 Å². The van der Waals surface area contributed by atoms with Gasteiger partial charge in [-0.25, -0.2) is 0 Å². The average molecular weight is 201 g/mol. The van der Waals surface area contributed by atoms with Gasteiger partial charge in [0.15, 0.2) is 0 Å². The number of aryl methyl sites for hydroxylation is 1. The molecule has 0 fully saturated rings. The van der Waals surface area contributed by atoms with Gasteiger partial charge in [-0.05, 0) is 0 Å². The van der Waals surface area contributed by atoms with Crippen LogP contribution in [-0.2, 0) is 21.9 Å². The number of hydrogen-bond donors (Lipinski definition) is 1. The molecule has 1 aromatic rings. The Morgan fingerprint density at radius 1 is 1.50 bits per heavy atom. The van der Waals surface area contributed by atoms with Crippen molar-refractivity contribution in [2.24, 2.45) is 0 Å². The Bertz CT molecular complexity index is 127. The molecule has 0 aromatic carbocycles. The van der Waals surface area contributed by atoms with Crippen LogP contribution in [0, 0.1) is 6.92 Å². The molecule has 0 aliphatic carbocycles. The van der Waals surface area contributed by atoms with Gasteiger partial charge in [0.1, 0.15) is 0 Å². The first-order valence-corrected chi connectivity index (χ1v) is 2.00. The molecule has 1 rings (SSSR count). The number of carbonyl (C=O) groups is 1. The van der Waals surface area contributed by atoms with Crippen molar-refractivity contribution in [2.75, 3.05) is 0 Å². The first-order chi connectivity index (χ1) is 3.63. The van der Waals surface area contributed by atoms with Crippen LogP contribution in [0.1, 0.15) is 12.9 Å². The number of rotatable bonds is 0.